The van der Waals surface area contributed by atoms with Gasteiger partial charge in [0.2, 0.25) is 0 Å². The van der Waals surface area contributed by atoms with Crippen LogP contribution in [0.5, 0.6) is 0 Å². The lowest BCUT2D eigenvalue weighted by molar-refractivity contribution is -0.387. The normalized spacial score (nSPS) is 20.2. The third-order valence-electron chi connectivity index (χ3n) is 5.83. The fourth-order valence-electron chi connectivity index (χ4n) is 4.46. The molecule has 2 aromatic rings. The molecule has 1 atom stereocenters. The highest BCUT2D eigenvalue weighted by atomic mass is 32.2. The average Bonchev–Trinajstić information content (AvgIpc) is 2.95. The van der Waals surface area contributed by atoms with Gasteiger partial charge in [-0.2, -0.15) is 0 Å². The quantitative estimate of drug-likeness (QED) is 0.553. The van der Waals surface area contributed by atoms with E-state index in [4.69, 9.17) is 0 Å². The Kier molecular flexibility index (Phi) is 5.28. The zero-order valence-electron chi connectivity index (χ0n) is 16.5. The minimum atomic E-state index is -3.71. The van der Waals surface area contributed by atoms with Gasteiger partial charge < -0.3 is 9.47 Å². The number of hydrogen-bond donors (Lipinski definition) is 0. The number of nitro groups is 1. The number of hydrogen-bond acceptors (Lipinski definition) is 7. The molecular formula is C19H25N5O4S. The molecule has 1 unspecified atom stereocenters. The molecular weight excluding hydrogens is 394 g/mol. The van der Waals surface area contributed by atoms with E-state index in [1.54, 1.807) is 12.1 Å². The van der Waals surface area contributed by atoms with Gasteiger partial charge in [0, 0.05) is 38.2 Å². The molecule has 2 aliphatic rings. The Labute approximate surface area is 169 Å². The molecule has 0 spiro atoms. The van der Waals surface area contributed by atoms with Gasteiger partial charge in [-0.15, -0.1) is 10.2 Å². The Bertz CT molecular complexity index is 1030. The highest BCUT2D eigenvalue weighted by Gasteiger charge is 2.33. The molecule has 2 aliphatic heterocycles. The van der Waals surface area contributed by atoms with E-state index in [0.717, 1.165) is 56.6 Å². The van der Waals surface area contributed by atoms with Crippen LogP contribution in [0.3, 0.4) is 0 Å². The van der Waals surface area contributed by atoms with Crippen molar-refractivity contribution in [3.05, 3.63) is 40.0 Å². The van der Waals surface area contributed by atoms with Crippen LogP contribution in [-0.4, -0.2) is 47.5 Å². The van der Waals surface area contributed by atoms with Crippen LogP contribution in [0.15, 0.2) is 23.1 Å². The monoisotopic (exact) mass is 419 g/mol. The number of aryl methyl sites for hydroxylation is 1. The first kappa shape index (κ1) is 19.8. The predicted octanol–water partition coefficient (Wildman–Crippen LogP) is 2.70. The number of benzene rings is 1. The van der Waals surface area contributed by atoms with Crippen molar-refractivity contribution < 1.29 is 13.3 Å². The molecule has 9 nitrogen and oxygen atoms in total. The molecule has 1 aromatic heterocycles. The minimum Gasteiger partial charge on any atom is -0.365 e. The number of aromatic nitrogens is 3. The van der Waals surface area contributed by atoms with Crippen molar-refractivity contribution in [2.75, 3.05) is 24.2 Å². The van der Waals surface area contributed by atoms with E-state index in [1.165, 1.54) is 12.5 Å². The molecule has 1 aromatic carbocycles. The second kappa shape index (κ2) is 7.74. The Hall–Kier alpha value is -2.49. The lowest BCUT2D eigenvalue weighted by atomic mass is 9.96. The second-order valence-electron chi connectivity index (χ2n) is 7.88. The van der Waals surface area contributed by atoms with Crippen LogP contribution in [-0.2, 0) is 22.8 Å². The Morgan fingerprint density at radius 2 is 1.97 bits per heavy atom. The van der Waals surface area contributed by atoms with Crippen LogP contribution in [0.2, 0.25) is 0 Å². The Morgan fingerprint density at radius 3 is 2.72 bits per heavy atom. The summed E-state index contributed by atoms with van der Waals surface area (Å²) >= 11 is 0. The number of sulfone groups is 1. The van der Waals surface area contributed by atoms with E-state index in [-0.39, 0.29) is 16.5 Å². The molecule has 0 radical (unpaired) electrons. The first-order valence-electron chi connectivity index (χ1n) is 10.0. The van der Waals surface area contributed by atoms with Crippen molar-refractivity contribution in [3.63, 3.8) is 0 Å². The van der Waals surface area contributed by atoms with Crippen molar-refractivity contribution >= 4 is 21.2 Å². The van der Waals surface area contributed by atoms with Crippen LogP contribution in [0, 0.1) is 10.1 Å². The highest BCUT2D eigenvalue weighted by Crippen LogP contribution is 2.38. The van der Waals surface area contributed by atoms with Crippen LogP contribution in [0.1, 0.15) is 49.7 Å². The van der Waals surface area contributed by atoms with Gasteiger partial charge in [-0.3, -0.25) is 10.1 Å². The van der Waals surface area contributed by atoms with E-state index in [2.05, 4.69) is 14.8 Å². The molecule has 0 bridgehead atoms. The van der Waals surface area contributed by atoms with E-state index < -0.39 is 14.8 Å². The van der Waals surface area contributed by atoms with Gasteiger partial charge in [-0.1, -0.05) is 12.5 Å². The van der Waals surface area contributed by atoms with E-state index in [0.29, 0.717) is 18.8 Å². The first-order valence-corrected chi connectivity index (χ1v) is 11.9. The van der Waals surface area contributed by atoms with Gasteiger partial charge in [0.05, 0.1) is 4.92 Å². The summed E-state index contributed by atoms with van der Waals surface area (Å²) in [5, 5.41) is 20.6. The SMILES string of the molecule is CS(=O)(=O)c1cccc(N2CCCC(c3nnc4n3CCCCC4)C2)c1[N+](=O)[O-]. The van der Waals surface area contributed by atoms with Gasteiger partial charge in [0.25, 0.3) is 0 Å². The molecule has 0 amide bonds. The molecule has 10 heteroatoms. The summed E-state index contributed by atoms with van der Waals surface area (Å²) in [6.07, 6.45) is 7.15. The number of nitro benzene ring substituents is 1. The van der Waals surface area contributed by atoms with Crippen LogP contribution >= 0.6 is 0 Å². The summed E-state index contributed by atoms with van der Waals surface area (Å²) in [7, 11) is -3.71. The highest BCUT2D eigenvalue weighted by molar-refractivity contribution is 7.90. The number of piperidine rings is 1. The lowest BCUT2D eigenvalue weighted by Crippen LogP contribution is -2.36. The fourth-order valence-corrected chi connectivity index (χ4v) is 5.32. The summed E-state index contributed by atoms with van der Waals surface area (Å²) in [4.78, 5) is 12.9. The maximum absolute atomic E-state index is 12.1. The molecule has 4 rings (SSSR count). The summed E-state index contributed by atoms with van der Waals surface area (Å²) in [6.45, 7) is 2.12. The van der Waals surface area contributed by atoms with Gasteiger partial charge >= 0.3 is 5.69 Å². The average molecular weight is 420 g/mol. The molecule has 1 fully saturated rings. The Balaban J connectivity index is 1.68. The fraction of sp³-hybridized carbons (Fsp3) is 0.579. The standard InChI is InChI=1S/C19H25N5O4S/c1-29(27,28)16-9-5-8-15(18(16)24(25)26)22-11-6-7-14(13-22)19-21-20-17-10-3-2-4-12-23(17)19/h5,8-9,14H,2-4,6-7,10-13H2,1H3. The molecule has 0 aliphatic carbocycles. The number of anilines is 1. The number of nitrogens with zero attached hydrogens (tertiary/aromatic N) is 5. The van der Waals surface area contributed by atoms with Crippen molar-refractivity contribution in [2.24, 2.45) is 0 Å². The van der Waals surface area contributed by atoms with Gasteiger partial charge in [0.15, 0.2) is 9.84 Å². The lowest BCUT2D eigenvalue weighted by Gasteiger charge is -2.34. The summed E-state index contributed by atoms with van der Waals surface area (Å²) in [5.41, 5.74) is 0.0222. The third kappa shape index (κ3) is 3.85. The van der Waals surface area contributed by atoms with Crippen molar-refractivity contribution in [1.82, 2.24) is 14.8 Å². The third-order valence-corrected chi connectivity index (χ3v) is 6.95. The molecule has 0 N–H and O–H groups in total. The molecule has 156 valence electrons. The van der Waals surface area contributed by atoms with E-state index in [9.17, 15) is 18.5 Å². The second-order valence-corrected chi connectivity index (χ2v) is 9.86. The smallest absolute Gasteiger partial charge is 0.311 e. The number of rotatable bonds is 4. The maximum Gasteiger partial charge on any atom is 0.311 e. The molecule has 3 heterocycles. The topological polar surface area (TPSA) is 111 Å². The van der Waals surface area contributed by atoms with E-state index >= 15 is 0 Å². The van der Waals surface area contributed by atoms with Crippen LogP contribution < -0.4 is 4.90 Å². The Morgan fingerprint density at radius 1 is 1.14 bits per heavy atom. The van der Waals surface area contributed by atoms with Crippen molar-refractivity contribution in [3.8, 4) is 0 Å². The first-order chi connectivity index (χ1) is 13.9. The number of para-hydroxylation sites is 1. The summed E-state index contributed by atoms with van der Waals surface area (Å²) < 4.78 is 26.4. The molecule has 29 heavy (non-hydrogen) atoms. The van der Waals surface area contributed by atoms with Gasteiger partial charge in [0.1, 0.15) is 22.2 Å². The molecule has 0 saturated carbocycles. The largest absolute Gasteiger partial charge is 0.365 e. The van der Waals surface area contributed by atoms with Crippen molar-refractivity contribution in [2.45, 2.75) is 55.9 Å². The van der Waals surface area contributed by atoms with Crippen molar-refractivity contribution in [1.29, 1.82) is 0 Å². The summed E-state index contributed by atoms with van der Waals surface area (Å²) in [5.74, 6) is 2.10. The summed E-state index contributed by atoms with van der Waals surface area (Å²) in [6, 6.07) is 4.52. The zero-order valence-corrected chi connectivity index (χ0v) is 17.3. The zero-order chi connectivity index (χ0) is 20.6. The van der Waals surface area contributed by atoms with E-state index in [1.807, 2.05) is 4.90 Å². The van der Waals surface area contributed by atoms with Crippen LogP contribution in [0.25, 0.3) is 0 Å². The van der Waals surface area contributed by atoms with Gasteiger partial charge in [-0.05, 0) is 37.8 Å². The number of fused-ring (bicyclic) bond motifs is 1. The molecule has 1 saturated heterocycles. The van der Waals surface area contributed by atoms with Gasteiger partial charge in [-0.25, -0.2) is 8.42 Å². The maximum atomic E-state index is 12.1. The van der Waals surface area contributed by atoms with Crippen LogP contribution in [0.4, 0.5) is 11.4 Å². The predicted molar refractivity (Wildman–Crippen MR) is 108 cm³/mol. The minimum absolute atomic E-state index is 0.115.